The molecule has 0 spiro atoms. The van der Waals surface area contributed by atoms with Crippen molar-refractivity contribution in [2.75, 3.05) is 5.73 Å². The zero-order valence-corrected chi connectivity index (χ0v) is 14.9. The minimum atomic E-state index is -0.108. The molecule has 4 aromatic rings. The Kier molecular flexibility index (Phi) is 4.30. The summed E-state index contributed by atoms with van der Waals surface area (Å²) in [7, 11) is 0. The van der Waals surface area contributed by atoms with Crippen LogP contribution in [-0.4, -0.2) is 20.4 Å². The predicted molar refractivity (Wildman–Crippen MR) is 106 cm³/mol. The fourth-order valence-electron chi connectivity index (χ4n) is 3.14. The second kappa shape index (κ2) is 6.92. The Hall–Kier alpha value is -3.67. The topological polar surface area (TPSA) is 85.8 Å². The zero-order valence-electron chi connectivity index (χ0n) is 14.9. The van der Waals surface area contributed by atoms with Crippen LogP contribution in [0.4, 0.5) is 5.95 Å². The van der Waals surface area contributed by atoms with E-state index in [1.165, 1.54) is 0 Å². The number of nitrogens with two attached hydrogens (primary N) is 1. The predicted octanol–water partition coefficient (Wildman–Crippen LogP) is 3.24. The van der Waals surface area contributed by atoms with Crippen LogP contribution in [0.15, 0.2) is 67.0 Å². The number of rotatable bonds is 4. The number of nitrogens with one attached hydrogen (secondary N) is 1. The van der Waals surface area contributed by atoms with Gasteiger partial charge in [-0.15, -0.1) is 0 Å². The molecule has 4 rings (SSSR count). The highest BCUT2D eigenvalue weighted by atomic mass is 16.1. The Morgan fingerprint density at radius 2 is 1.96 bits per heavy atom. The van der Waals surface area contributed by atoms with Crippen LogP contribution in [0.25, 0.3) is 16.7 Å². The van der Waals surface area contributed by atoms with Gasteiger partial charge in [-0.05, 0) is 42.3 Å². The number of hydrogen-bond donors (Lipinski definition) is 2. The van der Waals surface area contributed by atoms with E-state index in [0.717, 1.165) is 22.0 Å². The molecule has 3 N–H and O–H groups in total. The van der Waals surface area contributed by atoms with Gasteiger partial charge < -0.3 is 15.6 Å². The average molecular weight is 357 g/mol. The number of carbonyl (C=O) groups is 1. The van der Waals surface area contributed by atoms with Crippen molar-refractivity contribution < 1.29 is 4.79 Å². The van der Waals surface area contributed by atoms with Gasteiger partial charge in [0.05, 0.1) is 5.52 Å². The summed E-state index contributed by atoms with van der Waals surface area (Å²) in [6.07, 6.45) is 3.49. The van der Waals surface area contributed by atoms with E-state index in [2.05, 4.69) is 15.3 Å². The molecule has 0 unspecified atom stereocenters. The molecule has 27 heavy (non-hydrogen) atoms. The van der Waals surface area contributed by atoms with Gasteiger partial charge in [0.25, 0.3) is 5.91 Å². The van der Waals surface area contributed by atoms with Crippen LogP contribution >= 0.6 is 0 Å². The van der Waals surface area contributed by atoms with E-state index in [1.807, 2.05) is 66.2 Å². The molecule has 0 aliphatic carbocycles. The highest BCUT2D eigenvalue weighted by Gasteiger charge is 2.13. The molecule has 2 aromatic heterocycles. The Bertz CT molecular complexity index is 1130. The van der Waals surface area contributed by atoms with Crippen LogP contribution in [0.1, 0.15) is 21.5 Å². The summed E-state index contributed by atoms with van der Waals surface area (Å²) < 4.78 is 1.89. The van der Waals surface area contributed by atoms with Crippen LogP contribution in [0.2, 0.25) is 0 Å². The van der Waals surface area contributed by atoms with Crippen molar-refractivity contribution in [2.24, 2.45) is 0 Å². The third-order valence-electron chi connectivity index (χ3n) is 4.58. The van der Waals surface area contributed by atoms with Gasteiger partial charge in [0, 0.05) is 29.9 Å². The zero-order chi connectivity index (χ0) is 18.8. The number of benzene rings is 2. The lowest BCUT2D eigenvalue weighted by Crippen LogP contribution is -2.23. The maximum atomic E-state index is 12.8. The number of anilines is 1. The Morgan fingerprint density at radius 3 is 2.78 bits per heavy atom. The quantitative estimate of drug-likeness (QED) is 0.587. The number of aryl methyl sites for hydroxylation is 1. The number of carbonyl (C=O) groups excluding carboxylic acids is 1. The summed E-state index contributed by atoms with van der Waals surface area (Å²) in [5, 5.41) is 3.87. The minimum absolute atomic E-state index is 0.108. The molecule has 2 heterocycles. The highest BCUT2D eigenvalue weighted by Crippen LogP contribution is 2.23. The number of amides is 1. The molecular weight excluding hydrogens is 338 g/mol. The molecule has 2 aromatic carbocycles. The first kappa shape index (κ1) is 16.8. The fraction of sp³-hybridized carbons (Fsp3) is 0.0952. The van der Waals surface area contributed by atoms with Gasteiger partial charge in [-0.3, -0.25) is 4.79 Å². The molecule has 1 amide bonds. The molecule has 0 radical (unpaired) electrons. The van der Waals surface area contributed by atoms with Gasteiger partial charge in [0.1, 0.15) is 5.82 Å². The lowest BCUT2D eigenvalue weighted by Gasteiger charge is -2.09. The van der Waals surface area contributed by atoms with Crippen molar-refractivity contribution in [1.82, 2.24) is 19.9 Å². The monoisotopic (exact) mass is 357 g/mol. The summed E-state index contributed by atoms with van der Waals surface area (Å²) in [4.78, 5) is 21.0. The number of hydrogen-bond acceptors (Lipinski definition) is 4. The summed E-state index contributed by atoms with van der Waals surface area (Å²) in [6, 6.07) is 17.4. The Morgan fingerprint density at radius 1 is 1.11 bits per heavy atom. The first-order chi connectivity index (χ1) is 13.1. The SMILES string of the molecule is Cc1ccccc1CNC(=O)c1cccc2c1ccn2-c1ccnc(N)n1. The van der Waals surface area contributed by atoms with Crippen LogP contribution in [0.3, 0.4) is 0 Å². The van der Waals surface area contributed by atoms with Crippen molar-refractivity contribution in [1.29, 1.82) is 0 Å². The molecule has 0 bridgehead atoms. The normalized spacial score (nSPS) is 10.9. The molecule has 0 aliphatic heterocycles. The molecule has 0 fully saturated rings. The largest absolute Gasteiger partial charge is 0.368 e. The van der Waals surface area contributed by atoms with E-state index in [0.29, 0.717) is 17.9 Å². The van der Waals surface area contributed by atoms with Gasteiger partial charge in [-0.2, -0.15) is 4.98 Å². The van der Waals surface area contributed by atoms with E-state index in [1.54, 1.807) is 12.3 Å². The van der Waals surface area contributed by atoms with E-state index >= 15 is 0 Å². The van der Waals surface area contributed by atoms with Gasteiger partial charge in [0.15, 0.2) is 0 Å². The summed E-state index contributed by atoms with van der Waals surface area (Å²) in [5.74, 6) is 0.764. The summed E-state index contributed by atoms with van der Waals surface area (Å²) in [5.41, 5.74) is 9.47. The van der Waals surface area contributed by atoms with Crippen molar-refractivity contribution in [2.45, 2.75) is 13.5 Å². The number of aromatic nitrogens is 3. The smallest absolute Gasteiger partial charge is 0.252 e. The standard InChI is InChI=1S/C21H19N5O/c1-14-5-2-3-6-15(14)13-24-20(27)17-7-4-8-18-16(17)10-12-26(18)19-9-11-23-21(22)25-19/h2-12H,13H2,1H3,(H,24,27)(H2,22,23,25). The van der Waals surface area contributed by atoms with Crippen molar-refractivity contribution in [3.8, 4) is 5.82 Å². The van der Waals surface area contributed by atoms with E-state index < -0.39 is 0 Å². The molecule has 0 aliphatic rings. The maximum Gasteiger partial charge on any atom is 0.252 e. The summed E-state index contributed by atoms with van der Waals surface area (Å²) in [6.45, 7) is 2.53. The second-order valence-electron chi connectivity index (χ2n) is 6.31. The van der Waals surface area contributed by atoms with Crippen LogP contribution in [0.5, 0.6) is 0 Å². The Labute approximate surface area is 156 Å². The first-order valence-corrected chi connectivity index (χ1v) is 8.65. The summed E-state index contributed by atoms with van der Waals surface area (Å²) >= 11 is 0. The highest BCUT2D eigenvalue weighted by molar-refractivity contribution is 6.06. The number of nitrogens with zero attached hydrogens (tertiary/aromatic N) is 3. The molecule has 0 saturated heterocycles. The third-order valence-corrected chi connectivity index (χ3v) is 4.58. The fourth-order valence-corrected chi connectivity index (χ4v) is 3.14. The maximum absolute atomic E-state index is 12.8. The number of fused-ring (bicyclic) bond motifs is 1. The van der Waals surface area contributed by atoms with Crippen LogP contribution in [0, 0.1) is 6.92 Å². The van der Waals surface area contributed by atoms with E-state index in [9.17, 15) is 4.79 Å². The van der Waals surface area contributed by atoms with E-state index in [4.69, 9.17) is 5.73 Å². The van der Waals surface area contributed by atoms with Crippen molar-refractivity contribution in [3.63, 3.8) is 0 Å². The van der Waals surface area contributed by atoms with Gasteiger partial charge in [0.2, 0.25) is 5.95 Å². The first-order valence-electron chi connectivity index (χ1n) is 8.65. The minimum Gasteiger partial charge on any atom is -0.368 e. The molecule has 0 atom stereocenters. The van der Waals surface area contributed by atoms with E-state index in [-0.39, 0.29) is 11.9 Å². The molecular formula is C21H19N5O. The molecule has 6 heteroatoms. The van der Waals surface area contributed by atoms with Crippen molar-refractivity contribution in [3.05, 3.63) is 83.7 Å². The number of nitrogen functional groups attached to an aromatic ring is 1. The molecule has 0 saturated carbocycles. The van der Waals surface area contributed by atoms with Gasteiger partial charge >= 0.3 is 0 Å². The molecule has 134 valence electrons. The van der Waals surface area contributed by atoms with Gasteiger partial charge in [-0.1, -0.05) is 30.3 Å². The lowest BCUT2D eigenvalue weighted by atomic mass is 10.1. The van der Waals surface area contributed by atoms with Crippen LogP contribution < -0.4 is 11.1 Å². The Balaban J connectivity index is 1.65. The average Bonchev–Trinajstić information content (AvgIpc) is 3.11. The van der Waals surface area contributed by atoms with Crippen LogP contribution in [-0.2, 0) is 6.54 Å². The van der Waals surface area contributed by atoms with Crippen molar-refractivity contribution >= 4 is 22.8 Å². The third kappa shape index (κ3) is 3.25. The van der Waals surface area contributed by atoms with Gasteiger partial charge in [-0.25, -0.2) is 4.98 Å². The molecule has 6 nitrogen and oxygen atoms in total. The second-order valence-corrected chi connectivity index (χ2v) is 6.31. The lowest BCUT2D eigenvalue weighted by molar-refractivity contribution is 0.0952.